The third kappa shape index (κ3) is 5.05. The van der Waals surface area contributed by atoms with Crippen molar-refractivity contribution >= 4 is 11.9 Å². The van der Waals surface area contributed by atoms with E-state index >= 15 is 0 Å². The van der Waals surface area contributed by atoms with E-state index in [0.29, 0.717) is 6.42 Å². The van der Waals surface area contributed by atoms with Crippen molar-refractivity contribution in [2.45, 2.75) is 58.4 Å². The molecule has 1 aromatic heterocycles. The topological polar surface area (TPSA) is 58.1 Å². The normalized spacial score (nSPS) is 17.0. The van der Waals surface area contributed by atoms with Crippen LogP contribution in [0.4, 0.5) is 5.95 Å². The Labute approximate surface area is 139 Å². The number of carbonyl (C=O) groups is 1. The number of nitrogens with one attached hydrogen (secondary N) is 1. The van der Waals surface area contributed by atoms with Crippen LogP contribution >= 0.6 is 0 Å². The largest absolute Gasteiger partial charge is 0.349 e. The molecule has 1 amide bonds. The van der Waals surface area contributed by atoms with Crippen LogP contribution in [0.2, 0.25) is 0 Å². The number of amides is 1. The second-order valence-electron chi connectivity index (χ2n) is 6.25. The van der Waals surface area contributed by atoms with E-state index in [-0.39, 0.29) is 11.9 Å². The Morgan fingerprint density at radius 2 is 2.00 bits per heavy atom. The number of rotatable bonds is 5. The standard InChI is InChI=1S/C18H28N4O/c1-4-10-17(23)20-14(2)16-13-19-18(21-15(16)3)22-11-8-6-5-7-9-12-22/h4,13-14H,1,5-12H2,2-3H3,(H,20,23)/t14-/m0/s1. The summed E-state index contributed by atoms with van der Waals surface area (Å²) in [6, 6.07) is -0.0937. The molecular formula is C18H28N4O. The molecule has 5 heteroatoms. The van der Waals surface area contributed by atoms with Gasteiger partial charge < -0.3 is 10.2 Å². The first-order valence-electron chi connectivity index (χ1n) is 8.60. The van der Waals surface area contributed by atoms with E-state index in [9.17, 15) is 4.79 Å². The molecule has 1 saturated heterocycles. The highest BCUT2D eigenvalue weighted by Gasteiger charge is 2.16. The minimum absolute atomic E-state index is 0.0280. The Balaban J connectivity index is 2.06. The zero-order chi connectivity index (χ0) is 16.7. The van der Waals surface area contributed by atoms with Crippen molar-refractivity contribution in [2.75, 3.05) is 18.0 Å². The monoisotopic (exact) mass is 316 g/mol. The van der Waals surface area contributed by atoms with Crippen LogP contribution in [0, 0.1) is 6.92 Å². The van der Waals surface area contributed by atoms with Gasteiger partial charge in [0, 0.05) is 37.0 Å². The molecule has 0 saturated carbocycles. The summed E-state index contributed by atoms with van der Waals surface area (Å²) >= 11 is 0. The van der Waals surface area contributed by atoms with Gasteiger partial charge in [-0.15, -0.1) is 6.58 Å². The fourth-order valence-electron chi connectivity index (χ4n) is 3.00. The number of aryl methyl sites for hydroxylation is 1. The summed E-state index contributed by atoms with van der Waals surface area (Å²) in [7, 11) is 0. The average Bonchev–Trinajstić information content (AvgIpc) is 2.46. The molecule has 0 aliphatic carbocycles. The summed E-state index contributed by atoms with van der Waals surface area (Å²) in [6.07, 6.45) is 10.1. The zero-order valence-electron chi connectivity index (χ0n) is 14.3. The molecular weight excluding hydrogens is 288 g/mol. The smallest absolute Gasteiger partial charge is 0.225 e. The summed E-state index contributed by atoms with van der Waals surface area (Å²) in [6.45, 7) is 9.60. The Hall–Kier alpha value is -1.91. The number of carbonyl (C=O) groups excluding carboxylic acids is 1. The Kier molecular flexibility index (Phi) is 6.56. The molecule has 2 heterocycles. The number of anilines is 1. The van der Waals surface area contributed by atoms with Crippen LogP contribution in [-0.2, 0) is 4.79 Å². The highest BCUT2D eigenvalue weighted by atomic mass is 16.1. The second-order valence-corrected chi connectivity index (χ2v) is 6.25. The fourth-order valence-corrected chi connectivity index (χ4v) is 3.00. The van der Waals surface area contributed by atoms with Gasteiger partial charge in [-0.3, -0.25) is 4.79 Å². The first kappa shape index (κ1) is 17.4. The first-order valence-corrected chi connectivity index (χ1v) is 8.60. The molecule has 0 aromatic carbocycles. The van der Waals surface area contributed by atoms with Crippen molar-refractivity contribution in [1.29, 1.82) is 0 Å². The Morgan fingerprint density at radius 3 is 2.61 bits per heavy atom. The molecule has 126 valence electrons. The van der Waals surface area contributed by atoms with Crippen molar-refractivity contribution in [3.63, 3.8) is 0 Å². The van der Waals surface area contributed by atoms with Crippen LogP contribution in [0.3, 0.4) is 0 Å². The molecule has 1 aliphatic heterocycles. The van der Waals surface area contributed by atoms with E-state index in [1.807, 2.05) is 20.0 Å². The van der Waals surface area contributed by atoms with E-state index in [0.717, 1.165) is 30.3 Å². The average molecular weight is 316 g/mol. The van der Waals surface area contributed by atoms with Gasteiger partial charge in [-0.25, -0.2) is 9.97 Å². The first-order chi connectivity index (χ1) is 11.1. The summed E-state index contributed by atoms with van der Waals surface area (Å²) in [5.41, 5.74) is 1.90. The van der Waals surface area contributed by atoms with Gasteiger partial charge in [0.15, 0.2) is 0 Å². The SMILES string of the molecule is C=CCC(=O)N[C@@H](C)c1cnc(N2CCCCCCC2)nc1C. The maximum atomic E-state index is 11.7. The molecule has 1 atom stereocenters. The van der Waals surface area contributed by atoms with Crippen LogP contribution in [0.25, 0.3) is 0 Å². The molecule has 1 fully saturated rings. The van der Waals surface area contributed by atoms with Crippen LogP contribution in [0.1, 0.15) is 62.7 Å². The number of hydrogen-bond donors (Lipinski definition) is 1. The van der Waals surface area contributed by atoms with Crippen LogP contribution in [0.5, 0.6) is 0 Å². The molecule has 0 radical (unpaired) electrons. The lowest BCUT2D eigenvalue weighted by Crippen LogP contribution is -2.30. The molecule has 1 N–H and O–H groups in total. The summed E-state index contributed by atoms with van der Waals surface area (Å²) < 4.78 is 0. The minimum atomic E-state index is -0.0937. The van der Waals surface area contributed by atoms with Crippen molar-refractivity contribution in [3.05, 3.63) is 30.1 Å². The van der Waals surface area contributed by atoms with Crippen molar-refractivity contribution in [1.82, 2.24) is 15.3 Å². The maximum absolute atomic E-state index is 11.7. The minimum Gasteiger partial charge on any atom is -0.349 e. The van der Waals surface area contributed by atoms with Gasteiger partial charge in [0.05, 0.1) is 6.04 Å². The van der Waals surface area contributed by atoms with Gasteiger partial charge in [-0.2, -0.15) is 0 Å². The van der Waals surface area contributed by atoms with Crippen LogP contribution in [0.15, 0.2) is 18.9 Å². The van der Waals surface area contributed by atoms with E-state index in [2.05, 4.69) is 26.8 Å². The molecule has 1 aliphatic rings. The molecule has 23 heavy (non-hydrogen) atoms. The van der Waals surface area contributed by atoms with Gasteiger partial charge in [0.1, 0.15) is 0 Å². The van der Waals surface area contributed by atoms with Crippen LogP contribution in [-0.4, -0.2) is 29.0 Å². The molecule has 2 rings (SSSR count). The number of nitrogens with zero attached hydrogens (tertiary/aromatic N) is 3. The maximum Gasteiger partial charge on any atom is 0.225 e. The zero-order valence-corrected chi connectivity index (χ0v) is 14.3. The molecule has 0 bridgehead atoms. The van der Waals surface area contributed by atoms with Gasteiger partial charge in [0.25, 0.3) is 0 Å². The van der Waals surface area contributed by atoms with Crippen molar-refractivity contribution in [3.8, 4) is 0 Å². The van der Waals surface area contributed by atoms with Crippen molar-refractivity contribution < 1.29 is 4.79 Å². The molecule has 5 nitrogen and oxygen atoms in total. The van der Waals surface area contributed by atoms with Crippen LogP contribution < -0.4 is 10.2 Å². The molecule has 0 unspecified atom stereocenters. The third-order valence-electron chi connectivity index (χ3n) is 4.32. The Morgan fingerprint density at radius 1 is 1.35 bits per heavy atom. The lowest BCUT2D eigenvalue weighted by Gasteiger charge is -2.25. The van der Waals surface area contributed by atoms with Gasteiger partial charge in [-0.1, -0.05) is 25.3 Å². The predicted octanol–water partition coefficient (Wildman–Crippen LogP) is 3.31. The van der Waals surface area contributed by atoms with Gasteiger partial charge in [0.2, 0.25) is 11.9 Å². The third-order valence-corrected chi connectivity index (χ3v) is 4.32. The molecule has 1 aromatic rings. The van der Waals surface area contributed by atoms with E-state index in [4.69, 9.17) is 0 Å². The second kappa shape index (κ2) is 8.65. The number of hydrogen-bond acceptors (Lipinski definition) is 4. The van der Waals surface area contributed by atoms with Gasteiger partial charge in [-0.05, 0) is 26.7 Å². The predicted molar refractivity (Wildman–Crippen MR) is 93.4 cm³/mol. The lowest BCUT2D eigenvalue weighted by atomic mass is 10.1. The van der Waals surface area contributed by atoms with E-state index in [1.165, 1.54) is 32.1 Å². The van der Waals surface area contributed by atoms with E-state index < -0.39 is 0 Å². The summed E-state index contributed by atoms with van der Waals surface area (Å²) in [5, 5.41) is 2.95. The number of aromatic nitrogens is 2. The fraction of sp³-hybridized carbons (Fsp3) is 0.611. The van der Waals surface area contributed by atoms with E-state index in [1.54, 1.807) is 6.08 Å². The molecule has 0 spiro atoms. The Bertz CT molecular complexity index is 536. The lowest BCUT2D eigenvalue weighted by molar-refractivity contribution is -0.120. The van der Waals surface area contributed by atoms with Gasteiger partial charge >= 0.3 is 0 Å². The quantitative estimate of drug-likeness (QED) is 0.847. The van der Waals surface area contributed by atoms with Crippen molar-refractivity contribution in [2.24, 2.45) is 0 Å². The summed E-state index contributed by atoms with van der Waals surface area (Å²) in [5.74, 6) is 0.789. The highest BCUT2D eigenvalue weighted by Crippen LogP contribution is 2.20. The highest BCUT2D eigenvalue weighted by molar-refractivity contribution is 5.77. The summed E-state index contributed by atoms with van der Waals surface area (Å²) in [4.78, 5) is 23.2.